The summed E-state index contributed by atoms with van der Waals surface area (Å²) in [7, 11) is 0. The number of amides is 2. The van der Waals surface area contributed by atoms with Crippen LogP contribution < -0.4 is 10.6 Å². The summed E-state index contributed by atoms with van der Waals surface area (Å²) < 4.78 is 7.13. The number of nitrogens with one attached hydrogen (secondary N) is 2. The van der Waals surface area contributed by atoms with E-state index in [9.17, 15) is 9.90 Å². The van der Waals surface area contributed by atoms with Crippen LogP contribution in [0.3, 0.4) is 0 Å². The summed E-state index contributed by atoms with van der Waals surface area (Å²) >= 11 is 0. The van der Waals surface area contributed by atoms with E-state index in [0.29, 0.717) is 25.5 Å². The molecule has 0 spiro atoms. The van der Waals surface area contributed by atoms with Gasteiger partial charge in [0.05, 0.1) is 30.0 Å². The number of urea groups is 1. The van der Waals surface area contributed by atoms with Crippen LogP contribution in [0.25, 0.3) is 0 Å². The summed E-state index contributed by atoms with van der Waals surface area (Å²) in [6, 6.07) is 1.54. The molecule has 0 aromatic carbocycles. The number of rotatable bonds is 3. The summed E-state index contributed by atoms with van der Waals surface area (Å²) in [5.41, 5.74) is -0.177. The number of hydrogen-bond acceptors (Lipinski definition) is 4. The second-order valence-electron chi connectivity index (χ2n) is 8.57. The molecule has 1 aliphatic heterocycles. The second kappa shape index (κ2) is 6.37. The van der Waals surface area contributed by atoms with E-state index in [-0.39, 0.29) is 23.6 Å². The van der Waals surface area contributed by atoms with E-state index in [1.165, 1.54) is 0 Å². The number of hydrogen-bond donors (Lipinski definition) is 3. The Morgan fingerprint density at radius 1 is 1.38 bits per heavy atom. The van der Waals surface area contributed by atoms with Crippen LogP contribution in [-0.4, -0.2) is 46.3 Å². The Hall–Kier alpha value is -1.60. The number of aliphatic hydroxyl groups is 1. The van der Waals surface area contributed by atoms with Crippen molar-refractivity contribution in [3.63, 3.8) is 0 Å². The van der Waals surface area contributed by atoms with Crippen molar-refractivity contribution in [3.8, 4) is 0 Å². The minimum Gasteiger partial charge on any atom is -0.394 e. The van der Waals surface area contributed by atoms with Gasteiger partial charge < -0.3 is 15.2 Å². The Balaban J connectivity index is 2.22. The third-order valence-corrected chi connectivity index (χ3v) is 4.14. The van der Waals surface area contributed by atoms with Crippen LogP contribution in [-0.2, 0) is 15.7 Å². The van der Waals surface area contributed by atoms with Crippen LogP contribution in [0.2, 0.25) is 0 Å². The lowest BCUT2D eigenvalue weighted by atomic mass is 9.92. The zero-order chi connectivity index (χ0) is 18.2. The molecule has 1 atom stereocenters. The molecule has 0 saturated carbocycles. The van der Waals surface area contributed by atoms with Crippen LogP contribution in [0.5, 0.6) is 0 Å². The van der Waals surface area contributed by atoms with Crippen LogP contribution >= 0.6 is 0 Å². The summed E-state index contributed by atoms with van der Waals surface area (Å²) in [4.78, 5) is 12.4. The van der Waals surface area contributed by atoms with Crippen molar-refractivity contribution < 1.29 is 14.6 Å². The molecule has 2 heterocycles. The minimum absolute atomic E-state index is 0.116. The van der Waals surface area contributed by atoms with Gasteiger partial charge in [0.1, 0.15) is 5.82 Å². The maximum atomic E-state index is 12.4. The number of carbonyl (C=O) groups excluding carboxylic acids is 1. The van der Waals surface area contributed by atoms with Gasteiger partial charge in [-0.2, -0.15) is 5.10 Å². The molecule has 0 aliphatic carbocycles. The van der Waals surface area contributed by atoms with E-state index in [1.807, 2.05) is 31.5 Å². The molecule has 1 fully saturated rings. The van der Waals surface area contributed by atoms with E-state index in [4.69, 9.17) is 4.74 Å². The molecule has 7 nitrogen and oxygen atoms in total. The fraction of sp³-hybridized carbons (Fsp3) is 0.765. The predicted molar refractivity (Wildman–Crippen MR) is 93.3 cm³/mol. The maximum absolute atomic E-state index is 12.4. The van der Waals surface area contributed by atoms with Gasteiger partial charge in [0, 0.05) is 18.1 Å². The Morgan fingerprint density at radius 3 is 2.50 bits per heavy atom. The largest absolute Gasteiger partial charge is 0.394 e. The van der Waals surface area contributed by atoms with Gasteiger partial charge in [0.2, 0.25) is 0 Å². The summed E-state index contributed by atoms with van der Waals surface area (Å²) in [5, 5.41) is 20.0. The Kier molecular flexibility index (Phi) is 4.97. The molecule has 24 heavy (non-hydrogen) atoms. The molecule has 3 N–H and O–H groups in total. The lowest BCUT2D eigenvalue weighted by molar-refractivity contribution is 0.126. The number of aromatic nitrogens is 2. The topological polar surface area (TPSA) is 88.4 Å². The van der Waals surface area contributed by atoms with Crippen LogP contribution in [0.15, 0.2) is 6.07 Å². The van der Waals surface area contributed by atoms with E-state index in [0.717, 1.165) is 5.69 Å². The number of aliphatic hydroxyl groups excluding tert-OH is 1. The van der Waals surface area contributed by atoms with E-state index < -0.39 is 5.54 Å². The fourth-order valence-corrected chi connectivity index (χ4v) is 2.61. The van der Waals surface area contributed by atoms with Gasteiger partial charge in [-0.3, -0.25) is 5.32 Å². The van der Waals surface area contributed by atoms with Crippen molar-refractivity contribution in [2.75, 3.05) is 25.1 Å². The molecule has 1 aromatic rings. The summed E-state index contributed by atoms with van der Waals surface area (Å²) in [6.45, 7) is 13.1. The van der Waals surface area contributed by atoms with Gasteiger partial charge in [0.15, 0.2) is 0 Å². The molecule has 7 heteroatoms. The first-order chi connectivity index (χ1) is 11.0. The van der Waals surface area contributed by atoms with Crippen molar-refractivity contribution in [3.05, 3.63) is 11.8 Å². The fourth-order valence-electron chi connectivity index (χ4n) is 2.61. The standard InChI is InChI=1S/C17H30N4O3/c1-15(2,3)12-9-13(21(20-12)16(4,5)6)18-14(23)19-17(10-22)7-8-24-11-17/h9,22H,7-8,10-11H2,1-6H3,(H2,18,19,23)/t17-/m1/s1. The first-order valence-electron chi connectivity index (χ1n) is 8.36. The number of ether oxygens (including phenoxy) is 1. The zero-order valence-corrected chi connectivity index (χ0v) is 15.6. The van der Waals surface area contributed by atoms with E-state index >= 15 is 0 Å². The third kappa shape index (κ3) is 4.08. The average molecular weight is 338 g/mol. The van der Waals surface area contributed by atoms with Gasteiger partial charge in [-0.25, -0.2) is 9.48 Å². The predicted octanol–water partition coefficient (Wildman–Crippen LogP) is 2.21. The molecule has 2 amide bonds. The molecule has 0 bridgehead atoms. The smallest absolute Gasteiger partial charge is 0.320 e. The van der Waals surface area contributed by atoms with Gasteiger partial charge in [-0.1, -0.05) is 20.8 Å². The van der Waals surface area contributed by atoms with Crippen molar-refractivity contribution in [1.29, 1.82) is 0 Å². The molecular formula is C17H30N4O3. The molecule has 2 rings (SSSR count). The molecule has 0 unspecified atom stereocenters. The van der Waals surface area contributed by atoms with Crippen LogP contribution in [0.4, 0.5) is 10.6 Å². The maximum Gasteiger partial charge on any atom is 0.320 e. The van der Waals surface area contributed by atoms with Crippen molar-refractivity contribution in [1.82, 2.24) is 15.1 Å². The Morgan fingerprint density at radius 2 is 2.04 bits per heavy atom. The highest BCUT2D eigenvalue weighted by Crippen LogP contribution is 2.28. The second-order valence-corrected chi connectivity index (χ2v) is 8.57. The zero-order valence-electron chi connectivity index (χ0n) is 15.6. The normalized spacial score (nSPS) is 21.8. The van der Waals surface area contributed by atoms with Crippen molar-refractivity contribution in [2.45, 2.75) is 64.5 Å². The quantitative estimate of drug-likeness (QED) is 0.788. The van der Waals surface area contributed by atoms with E-state index in [1.54, 1.807) is 0 Å². The minimum atomic E-state index is -0.705. The molecule has 1 aromatic heterocycles. The van der Waals surface area contributed by atoms with Crippen molar-refractivity contribution in [2.24, 2.45) is 0 Å². The Bertz CT molecular complexity index is 590. The van der Waals surface area contributed by atoms with Gasteiger partial charge >= 0.3 is 6.03 Å². The lowest BCUT2D eigenvalue weighted by Gasteiger charge is -2.27. The first-order valence-corrected chi connectivity index (χ1v) is 8.36. The molecule has 1 aliphatic rings. The number of nitrogens with zero attached hydrogens (tertiary/aromatic N) is 2. The Labute approximate surface area is 143 Å². The van der Waals surface area contributed by atoms with Gasteiger partial charge in [-0.05, 0) is 27.2 Å². The molecular weight excluding hydrogens is 308 g/mol. The van der Waals surface area contributed by atoms with Gasteiger partial charge in [-0.15, -0.1) is 0 Å². The van der Waals surface area contributed by atoms with Crippen LogP contribution in [0.1, 0.15) is 53.7 Å². The van der Waals surface area contributed by atoms with E-state index in [2.05, 4.69) is 36.5 Å². The van der Waals surface area contributed by atoms with Crippen molar-refractivity contribution >= 4 is 11.8 Å². The highest BCUT2D eigenvalue weighted by atomic mass is 16.5. The summed E-state index contributed by atoms with van der Waals surface area (Å²) in [5.74, 6) is 0.636. The highest BCUT2D eigenvalue weighted by molar-refractivity contribution is 5.89. The summed E-state index contributed by atoms with van der Waals surface area (Å²) in [6.07, 6.45) is 0.600. The molecule has 136 valence electrons. The SMILES string of the molecule is CC(C)(C)c1cc(NC(=O)N[C@@]2(CO)CCOC2)n(C(C)(C)C)n1. The molecule has 0 radical (unpaired) electrons. The highest BCUT2D eigenvalue weighted by Gasteiger charge is 2.36. The van der Waals surface area contributed by atoms with Crippen LogP contribution in [0, 0.1) is 0 Å². The number of carbonyl (C=O) groups is 1. The third-order valence-electron chi connectivity index (χ3n) is 4.14. The number of anilines is 1. The molecule has 1 saturated heterocycles. The monoisotopic (exact) mass is 338 g/mol. The first kappa shape index (κ1) is 18.7. The average Bonchev–Trinajstić information content (AvgIpc) is 3.04. The lowest BCUT2D eigenvalue weighted by Crippen LogP contribution is -2.53. The van der Waals surface area contributed by atoms with Gasteiger partial charge in [0.25, 0.3) is 0 Å².